The molecule has 2 radical (unpaired) electrons. The zero-order valence-corrected chi connectivity index (χ0v) is 13.9. The fourth-order valence-electron chi connectivity index (χ4n) is 1.64. The van der Waals surface area contributed by atoms with Crippen LogP contribution in [0.2, 0.25) is 0 Å². The van der Waals surface area contributed by atoms with Crippen molar-refractivity contribution in [1.29, 1.82) is 0 Å². The van der Waals surface area contributed by atoms with E-state index < -0.39 is 17.4 Å². The third-order valence-corrected chi connectivity index (χ3v) is 2.96. The summed E-state index contributed by atoms with van der Waals surface area (Å²) in [5, 5.41) is 0. The topological polar surface area (TPSA) is 71.1 Å². The minimum atomic E-state index is -0.950. The summed E-state index contributed by atoms with van der Waals surface area (Å²) in [5.74, 6) is -1.44. The molecule has 0 spiro atoms. The van der Waals surface area contributed by atoms with Crippen molar-refractivity contribution in [2.75, 3.05) is 0 Å². The van der Waals surface area contributed by atoms with E-state index in [4.69, 9.17) is 19.6 Å². The van der Waals surface area contributed by atoms with E-state index in [1.165, 1.54) is 0 Å². The molecule has 0 aliphatic heterocycles. The van der Waals surface area contributed by atoms with Crippen molar-refractivity contribution in [3.05, 3.63) is 85.0 Å². The first-order valence-electron chi connectivity index (χ1n) is 7.48. The molecule has 2 aromatic rings. The highest BCUT2D eigenvalue weighted by Crippen LogP contribution is 2.30. The van der Waals surface area contributed by atoms with E-state index in [2.05, 4.69) is 6.92 Å². The van der Waals surface area contributed by atoms with Crippen LogP contribution < -0.4 is 0 Å². The quantitative estimate of drug-likeness (QED) is 0.561. The normalized spacial score (nSPS) is 11.2. The number of hydrogen-bond acceptors (Lipinski definition) is 6. The molecule has 130 valence electrons. The van der Waals surface area contributed by atoms with Gasteiger partial charge in [0.05, 0.1) is 11.1 Å². The molecule has 0 unspecified atom stereocenters. The van der Waals surface area contributed by atoms with Crippen LogP contribution in [-0.4, -0.2) is 11.9 Å². The summed E-state index contributed by atoms with van der Waals surface area (Å²) in [6, 6.07) is 16.5. The highest BCUT2D eigenvalue weighted by atomic mass is 17.3. The van der Waals surface area contributed by atoms with Gasteiger partial charge in [0.25, 0.3) is 0 Å². The van der Waals surface area contributed by atoms with E-state index in [0.29, 0.717) is 11.1 Å². The maximum absolute atomic E-state index is 11.9. The second-order valence-corrected chi connectivity index (χ2v) is 5.81. The number of benzene rings is 2. The van der Waals surface area contributed by atoms with Gasteiger partial charge in [0.2, 0.25) is 0 Å². The van der Waals surface area contributed by atoms with Crippen molar-refractivity contribution < 1.29 is 29.1 Å². The molecule has 0 atom stereocenters. The molecule has 6 nitrogen and oxygen atoms in total. The van der Waals surface area contributed by atoms with Crippen LogP contribution in [0.3, 0.4) is 0 Å². The molecular formula is C19H18O6. The van der Waals surface area contributed by atoms with Crippen molar-refractivity contribution in [2.24, 2.45) is 5.41 Å². The van der Waals surface area contributed by atoms with Crippen molar-refractivity contribution in [3.8, 4) is 0 Å². The van der Waals surface area contributed by atoms with Crippen LogP contribution in [0.15, 0.2) is 60.7 Å². The Hall–Kier alpha value is -2.70. The third-order valence-electron chi connectivity index (χ3n) is 2.96. The average molecular weight is 342 g/mol. The first kappa shape index (κ1) is 18.6. The summed E-state index contributed by atoms with van der Waals surface area (Å²) in [6.07, 6.45) is -0.277. The fraction of sp³-hybridized carbons (Fsp3) is 0.158. The van der Waals surface area contributed by atoms with E-state index in [1.54, 1.807) is 74.5 Å². The van der Waals surface area contributed by atoms with Gasteiger partial charge in [0, 0.05) is 5.41 Å². The molecule has 0 amide bonds. The Bertz CT molecular complexity index is 635. The van der Waals surface area contributed by atoms with Gasteiger partial charge >= 0.3 is 18.2 Å². The molecule has 0 heterocycles. The van der Waals surface area contributed by atoms with Crippen LogP contribution >= 0.6 is 0 Å². The molecular weight excluding hydrogens is 324 g/mol. The minimum absolute atomic E-state index is 0.277. The van der Waals surface area contributed by atoms with Gasteiger partial charge in [-0.3, -0.25) is 9.78 Å². The van der Waals surface area contributed by atoms with Gasteiger partial charge < -0.3 is 0 Å². The zero-order chi connectivity index (χ0) is 18.3. The van der Waals surface area contributed by atoms with Gasteiger partial charge in [0.1, 0.15) is 0 Å². The second-order valence-electron chi connectivity index (χ2n) is 5.81. The van der Waals surface area contributed by atoms with E-state index in [-0.39, 0.29) is 6.29 Å². The Morgan fingerprint density at radius 3 is 1.40 bits per heavy atom. The predicted octanol–water partition coefficient (Wildman–Crippen LogP) is 3.91. The highest BCUT2D eigenvalue weighted by Gasteiger charge is 2.34. The fourth-order valence-corrected chi connectivity index (χ4v) is 1.64. The Morgan fingerprint density at radius 2 is 1.08 bits per heavy atom. The number of carbonyl (C=O) groups excluding carboxylic acids is 2. The van der Waals surface area contributed by atoms with Crippen LogP contribution in [0, 0.1) is 18.6 Å². The molecule has 6 heteroatoms. The second kappa shape index (κ2) is 8.41. The molecule has 2 rings (SSSR count). The summed E-state index contributed by atoms with van der Waals surface area (Å²) in [4.78, 5) is 43.1. The third kappa shape index (κ3) is 5.70. The Balaban J connectivity index is 1.93. The van der Waals surface area contributed by atoms with Crippen LogP contribution in [0.5, 0.6) is 0 Å². The van der Waals surface area contributed by atoms with Crippen LogP contribution in [0.1, 0.15) is 34.6 Å². The van der Waals surface area contributed by atoms with Crippen LogP contribution in [-0.2, 0) is 19.6 Å². The number of hydrogen-bond donors (Lipinski definition) is 0. The maximum atomic E-state index is 11.9. The van der Waals surface area contributed by atoms with Gasteiger partial charge in [-0.15, -0.1) is 9.78 Å². The van der Waals surface area contributed by atoms with Gasteiger partial charge in [0.15, 0.2) is 0 Å². The Morgan fingerprint density at radius 1 is 0.720 bits per heavy atom. The molecule has 0 saturated heterocycles. The average Bonchev–Trinajstić information content (AvgIpc) is 2.61. The summed E-state index contributed by atoms with van der Waals surface area (Å²) >= 11 is 0. The Kier molecular flexibility index (Phi) is 6.27. The molecule has 0 bridgehead atoms. The van der Waals surface area contributed by atoms with E-state index in [0.717, 1.165) is 0 Å². The predicted molar refractivity (Wildman–Crippen MR) is 88.3 cm³/mol. The molecule has 0 aliphatic rings. The summed E-state index contributed by atoms with van der Waals surface area (Å²) in [7, 11) is 0. The van der Waals surface area contributed by atoms with E-state index in [9.17, 15) is 9.59 Å². The minimum Gasteiger partial charge on any atom is -0.289 e. The number of rotatable bonds is 7. The zero-order valence-electron chi connectivity index (χ0n) is 13.9. The first-order chi connectivity index (χ1) is 11.9. The van der Waals surface area contributed by atoms with Crippen molar-refractivity contribution in [2.45, 2.75) is 13.8 Å². The smallest absolute Gasteiger partial charge is 0.289 e. The van der Waals surface area contributed by atoms with E-state index >= 15 is 0 Å². The van der Waals surface area contributed by atoms with Crippen molar-refractivity contribution in [3.63, 3.8) is 0 Å². The molecule has 25 heavy (non-hydrogen) atoms. The lowest BCUT2D eigenvalue weighted by molar-refractivity contribution is -0.378. The SMILES string of the molecule is [CH2]C(C)(C)[C](OOC(=O)c1ccccc1)OOC(=O)c1ccccc1. The van der Waals surface area contributed by atoms with Crippen LogP contribution in [0.25, 0.3) is 0 Å². The van der Waals surface area contributed by atoms with E-state index in [1.807, 2.05) is 0 Å². The van der Waals surface area contributed by atoms with Crippen LogP contribution in [0.4, 0.5) is 0 Å². The lowest BCUT2D eigenvalue weighted by atomic mass is 9.96. The molecule has 0 aliphatic carbocycles. The highest BCUT2D eigenvalue weighted by molar-refractivity contribution is 5.89. The lowest BCUT2D eigenvalue weighted by Crippen LogP contribution is -2.27. The Labute approximate surface area is 146 Å². The number of carbonyl (C=O) groups is 2. The molecule has 0 aromatic heterocycles. The summed E-state index contributed by atoms with van der Waals surface area (Å²) < 4.78 is 0. The summed E-state index contributed by atoms with van der Waals surface area (Å²) in [5.41, 5.74) is -0.358. The molecule has 0 N–H and O–H groups in total. The monoisotopic (exact) mass is 342 g/mol. The first-order valence-corrected chi connectivity index (χ1v) is 7.48. The van der Waals surface area contributed by atoms with Crippen molar-refractivity contribution >= 4 is 11.9 Å². The summed E-state index contributed by atoms with van der Waals surface area (Å²) in [6.45, 7) is 7.07. The van der Waals surface area contributed by atoms with Crippen molar-refractivity contribution in [1.82, 2.24) is 0 Å². The largest absolute Gasteiger partial charge is 0.373 e. The molecule has 0 saturated carbocycles. The van der Waals surface area contributed by atoms with Gasteiger partial charge in [-0.05, 0) is 31.2 Å². The van der Waals surface area contributed by atoms with Gasteiger partial charge in [-0.1, -0.05) is 50.2 Å². The lowest BCUT2D eigenvalue weighted by Gasteiger charge is -2.24. The molecule has 2 aromatic carbocycles. The standard InChI is InChI=1S/C19H18O6/c1-19(2,3)18(24-22-16(20)14-10-6-4-7-11-14)25-23-17(21)15-12-8-5-9-13-15/h4-13H,1H2,2-3H3. The molecule has 0 fully saturated rings. The van der Waals surface area contributed by atoms with Gasteiger partial charge in [-0.25, -0.2) is 9.59 Å². The van der Waals surface area contributed by atoms with Gasteiger partial charge in [-0.2, -0.15) is 0 Å². The maximum Gasteiger partial charge on any atom is 0.373 e.